The zero-order valence-electron chi connectivity index (χ0n) is 13.9. The van der Waals surface area contributed by atoms with Gasteiger partial charge in [0.15, 0.2) is 0 Å². The Morgan fingerprint density at radius 1 is 1.04 bits per heavy atom. The smallest absolute Gasteiger partial charge is 0.146 e. The quantitative estimate of drug-likeness (QED) is 0.741. The number of rotatable bonds is 6. The van der Waals surface area contributed by atoms with Crippen LogP contribution in [0.5, 0.6) is 0 Å². The van der Waals surface area contributed by atoms with Gasteiger partial charge in [-0.05, 0) is 30.5 Å². The number of nitrogens with one attached hydrogen (secondary N) is 1. The number of aryl methyl sites for hydroxylation is 1. The molecule has 0 bridgehead atoms. The third-order valence-electron chi connectivity index (χ3n) is 4.27. The number of hydrogen-bond acceptors (Lipinski definition) is 3. The summed E-state index contributed by atoms with van der Waals surface area (Å²) in [6, 6.07) is 18.6. The van der Waals surface area contributed by atoms with Gasteiger partial charge in [0.1, 0.15) is 11.6 Å². The lowest BCUT2D eigenvalue weighted by Gasteiger charge is -2.20. The van der Waals surface area contributed by atoms with E-state index in [2.05, 4.69) is 45.8 Å². The van der Waals surface area contributed by atoms with Crippen LogP contribution in [0.15, 0.2) is 54.6 Å². The van der Waals surface area contributed by atoms with Crippen molar-refractivity contribution in [2.75, 3.05) is 0 Å². The van der Waals surface area contributed by atoms with E-state index in [4.69, 9.17) is 11.6 Å². The first-order valence-corrected chi connectivity index (χ1v) is 8.39. The van der Waals surface area contributed by atoms with Crippen molar-refractivity contribution in [3.8, 4) is 0 Å². The molecule has 124 valence electrons. The number of hydrogen-bond donors (Lipinski definition) is 1. The topological polar surface area (TPSA) is 42.7 Å². The first-order chi connectivity index (χ1) is 11.6. The SMILES string of the molecule is Cc1nnc(CN[C@H](Cc2ccccc2Cl)c2ccccc2)n1C. The molecular weight excluding hydrogens is 320 g/mol. The first-order valence-electron chi connectivity index (χ1n) is 8.01. The minimum atomic E-state index is 0.156. The summed E-state index contributed by atoms with van der Waals surface area (Å²) in [5.41, 5.74) is 2.37. The van der Waals surface area contributed by atoms with E-state index in [1.165, 1.54) is 5.56 Å². The minimum Gasteiger partial charge on any atom is -0.317 e. The van der Waals surface area contributed by atoms with Crippen molar-refractivity contribution in [2.24, 2.45) is 7.05 Å². The van der Waals surface area contributed by atoms with Crippen LogP contribution in [0.25, 0.3) is 0 Å². The van der Waals surface area contributed by atoms with Gasteiger partial charge in [-0.15, -0.1) is 10.2 Å². The maximum atomic E-state index is 6.35. The molecule has 2 aromatic carbocycles. The predicted octanol–water partition coefficient (Wildman–Crippen LogP) is 3.85. The predicted molar refractivity (Wildman–Crippen MR) is 96.9 cm³/mol. The summed E-state index contributed by atoms with van der Waals surface area (Å²) in [5, 5.41) is 12.7. The van der Waals surface area contributed by atoms with Gasteiger partial charge >= 0.3 is 0 Å². The van der Waals surface area contributed by atoms with Crippen LogP contribution in [-0.2, 0) is 20.0 Å². The molecule has 0 spiro atoms. The minimum absolute atomic E-state index is 0.156. The zero-order valence-corrected chi connectivity index (χ0v) is 14.7. The molecule has 3 aromatic rings. The summed E-state index contributed by atoms with van der Waals surface area (Å²) < 4.78 is 2.00. The Morgan fingerprint density at radius 3 is 2.42 bits per heavy atom. The Labute approximate surface area is 147 Å². The summed E-state index contributed by atoms with van der Waals surface area (Å²) in [4.78, 5) is 0. The molecule has 3 rings (SSSR count). The Hall–Kier alpha value is -2.17. The van der Waals surface area contributed by atoms with Gasteiger partial charge in [0.05, 0.1) is 6.54 Å². The molecule has 0 saturated carbocycles. The van der Waals surface area contributed by atoms with Gasteiger partial charge in [-0.2, -0.15) is 0 Å². The van der Waals surface area contributed by atoms with Gasteiger partial charge in [0.2, 0.25) is 0 Å². The largest absolute Gasteiger partial charge is 0.317 e. The fraction of sp³-hybridized carbons (Fsp3) is 0.263. The van der Waals surface area contributed by atoms with Gasteiger partial charge in [-0.3, -0.25) is 0 Å². The molecule has 1 heterocycles. The second-order valence-electron chi connectivity index (χ2n) is 5.86. The zero-order chi connectivity index (χ0) is 16.9. The number of benzene rings is 2. The van der Waals surface area contributed by atoms with Crippen molar-refractivity contribution in [3.63, 3.8) is 0 Å². The van der Waals surface area contributed by atoms with Crippen LogP contribution < -0.4 is 5.32 Å². The van der Waals surface area contributed by atoms with E-state index in [-0.39, 0.29) is 6.04 Å². The monoisotopic (exact) mass is 340 g/mol. The van der Waals surface area contributed by atoms with E-state index in [0.29, 0.717) is 6.54 Å². The molecule has 0 unspecified atom stereocenters. The van der Waals surface area contributed by atoms with E-state index in [1.807, 2.05) is 42.8 Å². The van der Waals surface area contributed by atoms with Crippen LogP contribution in [0, 0.1) is 6.92 Å². The number of aromatic nitrogens is 3. The Balaban J connectivity index is 1.80. The average molecular weight is 341 g/mol. The molecule has 0 aliphatic carbocycles. The van der Waals surface area contributed by atoms with Gasteiger partial charge < -0.3 is 9.88 Å². The lowest BCUT2D eigenvalue weighted by atomic mass is 9.99. The van der Waals surface area contributed by atoms with Crippen molar-refractivity contribution < 1.29 is 0 Å². The molecule has 4 nitrogen and oxygen atoms in total. The van der Waals surface area contributed by atoms with E-state index in [1.54, 1.807) is 0 Å². The van der Waals surface area contributed by atoms with Gasteiger partial charge in [-0.25, -0.2) is 0 Å². The van der Waals surface area contributed by atoms with Crippen molar-refractivity contribution in [2.45, 2.75) is 25.9 Å². The molecule has 1 atom stereocenters. The van der Waals surface area contributed by atoms with Crippen molar-refractivity contribution in [1.29, 1.82) is 0 Å². The second-order valence-corrected chi connectivity index (χ2v) is 6.27. The highest BCUT2D eigenvalue weighted by molar-refractivity contribution is 6.31. The van der Waals surface area contributed by atoms with Crippen LogP contribution in [-0.4, -0.2) is 14.8 Å². The van der Waals surface area contributed by atoms with Crippen LogP contribution in [0.1, 0.15) is 28.8 Å². The summed E-state index contributed by atoms with van der Waals surface area (Å²) in [6.07, 6.45) is 0.820. The van der Waals surface area contributed by atoms with Crippen LogP contribution in [0.4, 0.5) is 0 Å². The highest BCUT2D eigenvalue weighted by Gasteiger charge is 2.15. The molecule has 1 aromatic heterocycles. The normalized spacial score (nSPS) is 12.3. The van der Waals surface area contributed by atoms with E-state index >= 15 is 0 Å². The molecule has 1 N–H and O–H groups in total. The third-order valence-corrected chi connectivity index (χ3v) is 4.64. The average Bonchev–Trinajstić information content (AvgIpc) is 2.93. The molecule has 0 aliphatic rings. The second kappa shape index (κ2) is 7.60. The van der Waals surface area contributed by atoms with Gasteiger partial charge in [0.25, 0.3) is 0 Å². The number of nitrogens with zero attached hydrogens (tertiary/aromatic N) is 3. The van der Waals surface area contributed by atoms with Crippen LogP contribution in [0.2, 0.25) is 5.02 Å². The van der Waals surface area contributed by atoms with E-state index in [0.717, 1.165) is 28.7 Å². The molecule has 24 heavy (non-hydrogen) atoms. The fourth-order valence-electron chi connectivity index (χ4n) is 2.70. The van der Waals surface area contributed by atoms with Crippen molar-refractivity contribution in [1.82, 2.24) is 20.1 Å². The highest BCUT2D eigenvalue weighted by Crippen LogP contribution is 2.23. The molecule has 0 saturated heterocycles. The Bertz CT molecular complexity index is 798. The van der Waals surface area contributed by atoms with Gasteiger partial charge in [-0.1, -0.05) is 60.1 Å². The summed E-state index contributed by atoms with van der Waals surface area (Å²) in [5.74, 6) is 1.83. The third kappa shape index (κ3) is 3.83. The fourth-order valence-corrected chi connectivity index (χ4v) is 2.91. The Morgan fingerprint density at radius 2 is 1.75 bits per heavy atom. The molecular formula is C19H21ClN4. The lowest BCUT2D eigenvalue weighted by Crippen LogP contribution is -2.24. The standard InChI is InChI=1S/C19H21ClN4/c1-14-22-23-19(24(14)2)13-21-18(15-8-4-3-5-9-15)12-16-10-6-7-11-17(16)20/h3-11,18,21H,12-13H2,1-2H3/t18-/m1/s1. The lowest BCUT2D eigenvalue weighted by molar-refractivity contribution is 0.511. The summed E-state index contributed by atoms with van der Waals surface area (Å²) >= 11 is 6.35. The van der Waals surface area contributed by atoms with Crippen LogP contribution >= 0.6 is 11.6 Å². The molecule has 0 aliphatic heterocycles. The molecule has 0 fully saturated rings. The maximum Gasteiger partial charge on any atom is 0.146 e. The molecule has 0 amide bonds. The Kier molecular flexibility index (Phi) is 5.28. The van der Waals surface area contributed by atoms with Crippen molar-refractivity contribution in [3.05, 3.63) is 82.4 Å². The van der Waals surface area contributed by atoms with Crippen molar-refractivity contribution >= 4 is 11.6 Å². The highest BCUT2D eigenvalue weighted by atomic mass is 35.5. The number of halogens is 1. The van der Waals surface area contributed by atoms with E-state index in [9.17, 15) is 0 Å². The molecule has 5 heteroatoms. The van der Waals surface area contributed by atoms with Crippen LogP contribution in [0.3, 0.4) is 0 Å². The van der Waals surface area contributed by atoms with Gasteiger partial charge in [0, 0.05) is 18.1 Å². The summed E-state index contributed by atoms with van der Waals surface area (Å²) in [6.45, 7) is 2.61. The molecule has 0 radical (unpaired) electrons. The maximum absolute atomic E-state index is 6.35. The summed E-state index contributed by atoms with van der Waals surface area (Å²) in [7, 11) is 1.98. The van der Waals surface area contributed by atoms with E-state index < -0.39 is 0 Å². The first kappa shape index (κ1) is 16.7.